The van der Waals surface area contributed by atoms with Crippen LogP contribution in [0.15, 0.2) is 46.0 Å². The van der Waals surface area contributed by atoms with Crippen LogP contribution >= 0.6 is 15.9 Å². The molecule has 0 aliphatic rings. The largest absolute Gasteiger partial charge is 0.495 e. The number of ether oxygens (including phenoxy) is 1. The van der Waals surface area contributed by atoms with Gasteiger partial charge in [0.25, 0.3) is 10.0 Å². The van der Waals surface area contributed by atoms with E-state index in [-0.39, 0.29) is 20.8 Å². The van der Waals surface area contributed by atoms with E-state index in [1.807, 2.05) is 19.0 Å². The summed E-state index contributed by atoms with van der Waals surface area (Å²) in [5.74, 6) is -0.424. The van der Waals surface area contributed by atoms with Gasteiger partial charge in [-0.15, -0.1) is 0 Å². The Morgan fingerprint density at radius 2 is 2.04 bits per heavy atom. The van der Waals surface area contributed by atoms with Crippen LogP contribution in [-0.2, 0) is 10.0 Å². The molecule has 7 nitrogen and oxygen atoms in total. The molecule has 0 radical (unpaired) electrons. The Hall–Kier alpha value is -2.33. The van der Waals surface area contributed by atoms with Gasteiger partial charge < -0.3 is 9.64 Å². The minimum atomic E-state index is -4.00. The van der Waals surface area contributed by atoms with Gasteiger partial charge in [0, 0.05) is 20.2 Å². The Bertz CT molecular complexity index is 1080. The van der Waals surface area contributed by atoms with Crippen LogP contribution in [0, 0.1) is 5.82 Å². The molecule has 1 N–H and O–H groups in total. The SMILES string of the molecule is COc1cc(Br)c(F)cc1NS(=O)(=O)c1cnn2cc(N(C)C)ccc12. The van der Waals surface area contributed by atoms with Crippen LogP contribution in [-0.4, -0.2) is 39.2 Å². The summed E-state index contributed by atoms with van der Waals surface area (Å²) in [6.45, 7) is 0. The highest BCUT2D eigenvalue weighted by atomic mass is 79.9. The van der Waals surface area contributed by atoms with E-state index in [1.165, 1.54) is 23.9 Å². The summed E-state index contributed by atoms with van der Waals surface area (Å²) in [6.07, 6.45) is 2.97. The number of hydrogen-bond acceptors (Lipinski definition) is 5. The number of halogens is 2. The van der Waals surface area contributed by atoms with Crippen LogP contribution in [0.4, 0.5) is 15.8 Å². The van der Waals surface area contributed by atoms with Crippen molar-refractivity contribution in [3.05, 3.63) is 46.9 Å². The molecule has 2 aromatic heterocycles. The average Bonchev–Trinajstić information content (AvgIpc) is 3.01. The van der Waals surface area contributed by atoms with Crippen molar-refractivity contribution in [2.75, 3.05) is 30.8 Å². The summed E-state index contributed by atoms with van der Waals surface area (Å²) in [7, 11) is 1.12. The topological polar surface area (TPSA) is 75.9 Å². The van der Waals surface area contributed by atoms with Crippen molar-refractivity contribution in [1.29, 1.82) is 0 Å². The zero-order valence-corrected chi connectivity index (χ0v) is 16.6. The Labute approximate surface area is 158 Å². The van der Waals surface area contributed by atoms with Crippen molar-refractivity contribution in [3.8, 4) is 5.75 Å². The third-order valence-electron chi connectivity index (χ3n) is 3.76. The molecule has 26 heavy (non-hydrogen) atoms. The van der Waals surface area contributed by atoms with Gasteiger partial charge in [0.2, 0.25) is 0 Å². The van der Waals surface area contributed by atoms with Crippen LogP contribution in [0.2, 0.25) is 0 Å². The molecule has 2 heterocycles. The fraction of sp³-hybridized carbons (Fsp3) is 0.188. The second-order valence-corrected chi connectivity index (χ2v) is 8.20. The third kappa shape index (κ3) is 3.34. The minimum Gasteiger partial charge on any atom is -0.495 e. The van der Waals surface area contributed by atoms with Crippen LogP contribution in [0.5, 0.6) is 5.75 Å². The Morgan fingerprint density at radius 1 is 1.31 bits per heavy atom. The lowest BCUT2D eigenvalue weighted by molar-refractivity contribution is 0.415. The normalized spacial score (nSPS) is 11.6. The van der Waals surface area contributed by atoms with Crippen LogP contribution in [0.25, 0.3) is 5.52 Å². The maximum Gasteiger partial charge on any atom is 0.265 e. The molecular formula is C16H16BrFN4O3S. The number of methoxy groups -OCH3 is 1. The van der Waals surface area contributed by atoms with E-state index in [0.717, 1.165) is 11.8 Å². The molecular weight excluding hydrogens is 427 g/mol. The van der Waals surface area contributed by atoms with Crippen molar-refractivity contribution in [2.45, 2.75) is 4.90 Å². The predicted molar refractivity (Wildman–Crippen MR) is 101 cm³/mol. The monoisotopic (exact) mass is 442 g/mol. The molecule has 3 aromatic rings. The second kappa shape index (κ2) is 6.76. The van der Waals surface area contributed by atoms with Crippen LogP contribution < -0.4 is 14.4 Å². The summed E-state index contributed by atoms with van der Waals surface area (Å²) < 4.78 is 48.5. The fourth-order valence-corrected chi connectivity index (χ4v) is 3.90. The van der Waals surface area contributed by atoms with Crippen LogP contribution in [0.3, 0.4) is 0 Å². The molecule has 0 saturated carbocycles. The molecule has 1 aromatic carbocycles. The summed E-state index contributed by atoms with van der Waals surface area (Å²) in [5, 5.41) is 4.10. The number of nitrogens with zero attached hydrogens (tertiary/aromatic N) is 3. The zero-order valence-electron chi connectivity index (χ0n) is 14.2. The molecule has 138 valence electrons. The van der Waals surface area contributed by atoms with E-state index in [0.29, 0.717) is 5.52 Å². The Kier molecular flexibility index (Phi) is 4.80. The third-order valence-corrected chi connectivity index (χ3v) is 5.75. The van der Waals surface area contributed by atoms with E-state index in [2.05, 4.69) is 25.8 Å². The molecule has 10 heteroatoms. The molecule has 3 rings (SSSR count). The number of benzene rings is 1. The first-order valence-electron chi connectivity index (χ1n) is 7.43. The molecule has 0 amide bonds. The number of sulfonamides is 1. The minimum absolute atomic E-state index is 0.00235. The van der Waals surface area contributed by atoms with Crippen LogP contribution in [0.1, 0.15) is 0 Å². The lowest BCUT2D eigenvalue weighted by atomic mass is 10.3. The Balaban J connectivity index is 2.04. The number of rotatable bonds is 5. The van der Waals surface area contributed by atoms with Gasteiger partial charge in [-0.25, -0.2) is 17.3 Å². The van der Waals surface area contributed by atoms with E-state index in [1.54, 1.807) is 18.3 Å². The number of anilines is 2. The van der Waals surface area contributed by atoms with Gasteiger partial charge in [-0.1, -0.05) is 0 Å². The van der Waals surface area contributed by atoms with Gasteiger partial charge in [-0.05, 0) is 34.1 Å². The lowest BCUT2D eigenvalue weighted by Gasteiger charge is -2.13. The standard InChI is InChI=1S/C16H16BrFN4O3S/c1-21(2)10-4-5-14-16(8-19-22(14)9-10)26(23,24)20-13-7-12(18)11(17)6-15(13)25-3/h4-9,20H,1-3H3. The number of aromatic nitrogens is 2. The molecule has 0 spiro atoms. The van der Waals surface area contributed by atoms with Gasteiger partial charge in [0.15, 0.2) is 0 Å². The lowest BCUT2D eigenvalue weighted by Crippen LogP contribution is -2.14. The van der Waals surface area contributed by atoms with Gasteiger partial charge in [-0.3, -0.25) is 4.72 Å². The highest BCUT2D eigenvalue weighted by Crippen LogP contribution is 2.33. The van der Waals surface area contributed by atoms with E-state index in [4.69, 9.17) is 4.74 Å². The van der Waals surface area contributed by atoms with E-state index < -0.39 is 15.8 Å². The smallest absolute Gasteiger partial charge is 0.265 e. The molecule has 0 saturated heterocycles. The quantitative estimate of drug-likeness (QED) is 0.656. The van der Waals surface area contributed by atoms with Crippen molar-refractivity contribution in [3.63, 3.8) is 0 Å². The first-order valence-corrected chi connectivity index (χ1v) is 9.71. The van der Waals surface area contributed by atoms with Gasteiger partial charge in [-0.2, -0.15) is 5.10 Å². The number of hydrogen-bond donors (Lipinski definition) is 1. The molecule has 0 aliphatic carbocycles. The maximum atomic E-state index is 13.8. The van der Waals surface area contributed by atoms with Crippen molar-refractivity contribution < 1.29 is 17.5 Å². The molecule has 0 bridgehead atoms. The van der Waals surface area contributed by atoms with Crippen molar-refractivity contribution >= 4 is 42.8 Å². The molecule has 0 aliphatic heterocycles. The first kappa shape index (κ1) is 18.5. The van der Waals surface area contributed by atoms with Gasteiger partial charge in [0.05, 0.1) is 40.9 Å². The molecule has 0 unspecified atom stereocenters. The second-order valence-electron chi connectivity index (χ2n) is 5.69. The highest BCUT2D eigenvalue weighted by molar-refractivity contribution is 9.10. The summed E-state index contributed by atoms with van der Waals surface area (Å²) in [4.78, 5) is 1.86. The predicted octanol–water partition coefficient (Wildman–Crippen LogP) is 3.11. The van der Waals surface area contributed by atoms with Crippen molar-refractivity contribution in [2.24, 2.45) is 0 Å². The van der Waals surface area contributed by atoms with Gasteiger partial charge in [0.1, 0.15) is 16.5 Å². The number of nitrogens with one attached hydrogen (secondary N) is 1. The van der Waals surface area contributed by atoms with Crippen molar-refractivity contribution in [1.82, 2.24) is 9.61 Å². The van der Waals surface area contributed by atoms with Gasteiger partial charge >= 0.3 is 0 Å². The summed E-state index contributed by atoms with van der Waals surface area (Å²) in [6, 6.07) is 5.86. The number of pyridine rings is 1. The van der Waals surface area contributed by atoms with E-state index >= 15 is 0 Å². The first-order chi connectivity index (χ1) is 12.2. The highest BCUT2D eigenvalue weighted by Gasteiger charge is 2.22. The molecule has 0 atom stereocenters. The maximum absolute atomic E-state index is 13.8. The number of fused-ring (bicyclic) bond motifs is 1. The average molecular weight is 443 g/mol. The molecule has 0 fully saturated rings. The van der Waals surface area contributed by atoms with E-state index in [9.17, 15) is 12.8 Å². The zero-order chi connectivity index (χ0) is 19.1. The summed E-state index contributed by atoms with van der Waals surface area (Å²) in [5.41, 5.74) is 1.27. The Morgan fingerprint density at radius 3 is 2.69 bits per heavy atom. The fourth-order valence-electron chi connectivity index (χ4n) is 2.40. The summed E-state index contributed by atoms with van der Waals surface area (Å²) >= 11 is 3.04.